The van der Waals surface area contributed by atoms with Crippen LogP contribution in [0.4, 0.5) is 0 Å². The minimum Gasteiger partial charge on any atom is -0.350 e. The topological polar surface area (TPSA) is 90.0 Å². The van der Waals surface area contributed by atoms with Crippen LogP contribution in [0.3, 0.4) is 0 Å². The van der Waals surface area contributed by atoms with E-state index in [9.17, 15) is 9.59 Å². The first kappa shape index (κ1) is 22.3. The number of hydrogen-bond acceptors (Lipinski definition) is 4. The van der Waals surface area contributed by atoms with Gasteiger partial charge in [-0.25, -0.2) is 4.98 Å². The van der Waals surface area contributed by atoms with Gasteiger partial charge in [0.1, 0.15) is 11.2 Å². The first-order chi connectivity index (χ1) is 14.8. The summed E-state index contributed by atoms with van der Waals surface area (Å²) >= 11 is 0. The number of carbonyl (C=O) groups is 1. The van der Waals surface area contributed by atoms with E-state index in [1.54, 1.807) is 29.1 Å². The first-order valence-corrected chi connectivity index (χ1v) is 10.5. The highest BCUT2D eigenvalue weighted by atomic mass is 16.2. The summed E-state index contributed by atoms with van der Waals surface area (Å²) in [6.45, 7) is 7.75. The average Bonchev–Trinajstić information content (AvgIpc) is 2.77. The van der Waals surface area contributed by atoms with E-state index in [2.05, 4.69) is 22.1 Å². The lowest BCUT2D eigenvalue weighted by Crippen LogP contribution is -2.36. The van der Waals surface area contributed by atoms with E-state index in [1.807, 2.05) is 52.0 Å². The predicted molar refractivity (Wildman–Crippen MR) is 124 cm³/mol. The summed E-state index contributed by atoms with van der Waals surface area (Å²) in [5.41, 5.74) is 7.55. The number of hydrogen-bond donors (Lipinski definition) is 2. The zero-order valence-corrected chi connectivity index (χ0v) is 18.4. The molecule has 0 aliphatic carbocycles. The fraction of sp³-hybridized carbons (Fsp3) is 0.320. The van der Waals surface area contributed by atoms with Gasteiger partial charge in [0.2, 0.25) is 5.43 Å². The number of amides is 1. The molecule has 0 fully saturated rings. The lowest BCUT2D eigenvalue weighted by molar-refractivity contribution is 0.0941. The molecule has 6 heteroatoms. The second-order valence-electron chi connectivity index (χ2n) is 7.91. The molecule has 3 rings (SSSR count). The van der Waals surface area contributed by atoms with Crippen molar-refractivity contribution in [2.45, 2.75) is 52.1 Å². The molecule has 31 heavy (non-hydrogen) atoms. The van der Waals surface area contributed by atoms with Crippen molar-refractivity contribution in [1.82, 2.24) is 14.9 Å². The van der Waals surface area contributed by atoms with Crippen molar-refractivity contribution in [3.05, 3.63) is 70.1 Å². The minimum atomic E-state index is -0.524. The number of nitrogens with zero attached hydrogens (tertiary/aromatic N) is 2. The number of aromatic nitrogens is 2. The van der Waals surface area contributed by atoms with Gasteiger partial charge in [-0.1, -0.05) is 31.8 Å². The molecule has 6 nitrogen and oxygen atoms in total. The van der Waals surface area contributed by atoms with Crippen LogP contribution in [0, 0.1) is 11.8 Å². The second kappa shape index (κ2) is 9.15. The Hall–Kier alpha value is -3.43. The van der Waals surface area contributed by atoms with Crippen LogP contribution in [0.2, 0.25) is 0 Å². The zero-order valence-electron chi connectivity index (χ0n) is 18.4. The summed E-state index contributed by atoms with van der Waals surface area (Å²) in [4.78, 5) is 30.0. The normalized spacial score (nSPS) is 11.3. The van der Waals surface area contributed by atoms with E-state index >= 15 is 0 Å². The molecule has 0 atom stereocenters. The molecule has 1 aromatic carbocycles. The standard InChI is InChI=1S/C25H28N4O2/c1-5-25(26,6-2)13-12-18-9-7-10-19(15-18)29-16-21(24(31)28-17(3)4)22(30)20-11-8-14-27-23(20)29/h7-11,14-17H,5-6,26H2,1-4H3,(H,28,31). The Morgan fingerprint density at radius 1 is 1.23 bits per heavy atom. The van der Waals surface area contributed by atoms with Crippen LogP contribution in [0.1, 0.15) is 56.5 Å². The highest BCUT2D eigenvalue weighted by molar-refractivity contribution is 5.97. The second-order valence-corrected chi connectivity index (χ2v) is 7.91. The molecule has 0 saturated carbocycles. The highest BCUT2D eigenvalue weighted by Gasteiger charge is 2.18. The summed E-state index contributed by atoms with van der Waals surface area (Å²) < 4.78 is 1.76. The number of benzene rings is 1. The van der Waals surface area contributed by atoms with Crippen LogP contribution in [-0.2, 0) is 0 Å². The molecule has 0 bridgehead atoms. The van der Waals surface area contributed by atoms with Crippen LogP contribution < -0.4 is 16.5 Å². The lowest BCUT2D eigenvalue weighted by Gasteiger charge is -2.18. The van der Waals surface area contributed by atoms with E-state index in [4.69, 9.17) is 5.73 Å². The van der Waals surface area contributed by atoms with Gasteiger partial charge in [0, 0.05) is 29.7 Å². The van der Waals surface area contributed by atoms with Crippen LogP contribution in [0.5, 0.6) is 0 Å². The third-order valence-corrected chi connectivity index (χ3v) is 5.27. The molecule has 1 amide bonds. The van der Waals surface area contributed by atoms with E-state index in [0.29, 0.717) is 11.0 Å². The van der Waals surface area contributed by atoms with Gasteiger partial charge in [0.15, 0.2) is 0 Å². The maximum absolute atomic E-state index is 12.9. The van der Waals surface area contributed by atoms with Crippen molar-refractivity contribution in [2.24, 2.45) is 5.73 Å². The van der Waals surface area contributed by atoms with E-state index in [0.717, 1.165) is 24.1 Å². The van der Waals surface area contributed by atoms with Gasteiger partial charge in [-0.15, -0.1) is 0 Å². The summed E-state index contributed by atoms with van der Waals surface area (Å²) in [7, 11) is 0. The molecule has 2 heterocycles. The molecule has 0 spiro atoms. The van der Waals surface area contributed by atoms with Crippen LogP contribution in [0.25, 0.3) is 16.7 Å². The molecule has 0 unspecified atom stereocenters. The fourth-order valence-electron chi connectivity index (χ4n) is 3.22. The molecule has 3 aromatic rings. The van der Waals surface area contributed by atoms with Gasteiger partial charge in [0.25, 0.3) is 5.91 Å². The summed E-state index contributed by atoms with van der Waals surface area (Å²) in [6.07, 6.45) is 4.70. The van der Waals surface area contributed by atoms with Gasteiger partial charge < -0.3 is 15.6 Å². The van der Waals surface area contributed by atoms with E-state index < -0.39 is 11.4 Å². The minimum absolute atomic E-state index is 0.0728. The Balaban J connectivity index is 2.17. The average molecular weight is 417 g/mol. The van der Waals surface area contributed by atoms with Crippen molar-refractivity contribution in [3.63, 3.8) is 0 Å². The van der Waals surface area contributed by atoms with Crippen molar-refractivity contribution < 1.29 is 4.79 Å². The Kier molecular flexibility index (Phi) is 6.57. The predicted octanol–water partition coefficient (Wildman–Crippen LogP) is 3.39. The molecule has 3 N–H and O–H groups in total. The third-order valence-electron chi connectivity index (χ3n) is 5.27. The van der Waals surface area contributed by atoms with Crippen molar-refractivity contribution in [3.8, 4) is 17.5 Å². The van der Waals surface area contributed by atoms with Gasteiger partial charge in [-0.05, 0) is 57.0 Å². The third kappa shape index (κ3) is 4.84. The van der Waals surface area contributed by atoms with Crippen molar-refractivity contribution in [1.29, 1.82) is 0 Å². The van der Waals surface area contributed by atoms with E-state index in [1.165, 1.54) is 0 Å². The highest BCUT2D eigenvalue weighted by Crippen LogP contribution is 2.18. The monoisotopic (exact) mass is 416 g/mol. The largest absolute Gasteiger partial charge is 0.350 e. The lowest BCUT2D eigenvalue weighted by atomic mass is 9.95. The summed E-state index contributed by atoms with van der Waals surface area (Å²) in [5.74, 6) is 5.94. The van der Waals surface area contributed by atoms with Crippen molar-refractivity contribution in [2.75, 3.05) is 0 Å². The van der Waals surface area contributed by atoms with Crippen LogP contribution in [-0.4, -0.2) is 27.0 Å². The quantitative estimate of drug-likeness (QED) is 0.624. The van der Waals surface area contributed by atoms with Gasteiger partial charge >= 0.3 is 0 Å². The van der Waals surface area contributed by atoms with Crippen LogP contribution >= 0.6 is 0 Å². The van der Waals surface area contributed by atoms with Gasteiger partial charge in [-0.2, -0.15) is 0 Å². The Morgan fingerprint density at radius 2 is 1.97 bits per heavy atom. The number of nitrogens with two attached hydrogens (primary N) is 1. The molecule has 0 aliphatic rings. The van der Waals surface area contributed by atoms with E-state index in [-0.39, 0.29) is 17.0 Å². The smallest absolute Gasteiger partial charge is 0.256 e. The molecule has 0 saturated heterocycles. The number of fused-ring (bicyclic) bond motifs is 1. The maximum atomic E-state index is 12.9. The summed E-state index contributed by atoms with van der Waals surface area (Å²) in [5, 5.41) is 3.18. The zero-order chi connectivity index (χ0) is 22.6. The molecule has 0 radical (unpaired) electrons. The number of nitrogens with one attached hydrogen (secondary N) is 1. The summed E-state index contributed by atoms with van der Waals surface area (Å²) in [6, 6.07) is 10.9. The Bertz CT molecular complexity index is 1230. The fourth-order valence-corrected chi connectivity index (χ4v) is 3.22. The maximum Gasteiger partial charge on any atom is 0.256 e. The molecule has 160 valence electrons. The first-order valence-electron chi connectivity index (χ1n) is 10.5. The Morgan fingerprint density at radius 3 is 2.65 bits per heavy atom. The van der Waals surface area contributed by atoms with Gasteiger partial charge in [-0.3, -0.25) is 9.59 Å². The molecular formula is C25H28N4O2. The molecule has 0 aliphatic heterocycles. The van der Waals surface area contributed by atoms with Crippen molar-refractivity contribution >= 4 is 16.9 Å². The SMILES string of the molecule is CCC(N)(C#Cc1cccc(-n2cc(C(=O)NC(C)C)c(=O)c3cccnc32)c1)CC. The molecule has 2 aromatic heterocycles. The Labute approximate surface area is 182 Å². The molecular weight excluding hydrogens is 388 g/mol. The van der Waals surface area contributed by atoms with Crippen LogP contribution in [0.15, 0.2) is 53.6 Å². The van der Waals surface area contributed by atoms with Gasteiger partial charge in [0.05, 0.1) is 10.9 Å². The number of carbonyl (C=O) groups excluding carboxylic acids is 1. The number of rotatable bonds is 5. The number of pyridine rings is 2.